The van der Waals surface area contributed by atoms with E-state index in [1.54, 1.807) is 11.8 Å². The molecule has 0 radical (unpaired) electrons. The lowest BCUT2D eigenvalue weighted by Gasteiger charge is -2.16. The summed E-state index contributed by atoms with van der Waals surface area (Å²) in [5.74, 6) is 0.888. The van der Waals surface area contributed by atoms with E-state index in [0.717, 1.165) is 16.3 Å². The van der Waals surface area contributed by atoms with E-state index < -0.39 is 9.84 Å². The fourth-order valence-electron chi connectivity index (χ4n) is 3.63. The largest absolute Gasteiger partial charge is 0.344 e. The van der Waals surface area contributed by atoms with Crippen LogP contribution in [-0.4, -0.2) is 36.0 Å². The Morgan fingerprint density at radius 2 is 1.88 bits per heavy atom. The first-order chi connectivity index (χ1) is 12.2. The average molecular weight is 392 g/mol. The number of nitrogens with zero attached hydrogens (tertiary/aromatic N) is 1. The van der Waals surface area contributed by atoms with Gasteiger partial charge in [-0.25, -0.2) is 8.42 Å². The molecule has 0 amide bonds. The van der Waals surface area contributed by atoms with Crippen LogP contribution in [0.2, 0.25) is 0 Å². The van der Waals surface area contributed by atoms with Gasteiger partial charge in [-0.05, 0) is 63.4 Å². The molecule has 1 aromatic carbocycles. The third-order valence-corrected chi connectivity index (χ3v) is 7.95. The van der Waals surface area contributed by atoms with Gasteiger partial charge < -0.3 is 4.57 Å². The highest BCUT2D eigenvalue weighted by Gasteiger charge is 2.31. The highest BCUT2D eigenvalue weighted by atomic mass is 32.2. The van der Waals surface area contributed by atoms with E-state index in [1.165, 1.54) is 11.1 Å². The smallest absolute Gasteiger partial charge is 0.174 e. The molecule has 0 aliphatic carbocycles. The first-order valence-electron chi connectivity index (χ1n) is 8.80. The number of rotatable bonds is 5. The fraction of sp³-hybridized carbons (Fsp3) is 0.450. The third-order valence-electron chi connectivity index (χ3n) is 5.21. The first-order valence-corrected chi connectivity index (χ1v) is 11.6. The van der Waals surface area contributed by atoms with Crippen molar-refractivity contribution in [3.8, 4) is 0 Å². The molecule has 0 spiro atoms. The Morgan fingerprint density at radius 3 is 2.50 bits per heavy atom. The number of ketones is 1. The number of sulfone groups is 1. The molecule has 0 N–H and O–H groups in total. The lowest BCUT2D eigenvalue weighted by molar-refractivity contribution is 0.102. The zero-order valence-corrected chi connectivity index (χ0v) is 17.3. The van der Waals surface area contributed by atoms with Crippen molar-refractivity contribution in [2.75, 3.05) is 17.3 Å². The van der Waals surface area contributed by atoms with E-state index in [0.29, 0.717) is 17.7 Å². The lowest BCUT2D eigenvalue weighted by Crippen LogP contribution is -2.14. The van der Waals surface area contributed by atoms with Crippen LogP contribution in [0.4, 0.5) is 0 Å². The van der Waals surface area contributed by atoms with Crippen molar-refractivity contribution in [3.63, 3.8) is 0 Å². The summed E-state index contributed by atoms with van der Waals surface area (Å²) in [6.07, 6.45) is 0.629. The van der Waals surface area contributed by atoms with Crippen LogP contribution in [0.3, 0.4) is 0 Å². The minimum Gasteiger partial charge on any atom is -0.344 e. The van der Waals surface area contributed by atoms with Crippen molar-refractivity contribution in [2.45, 2.75) is 45.1 Å². The molecule has 2 aromatic rings. The van der Waals surface area contributed by atoms with Crippen molar-refractivity contribution >= 4 is 27.4 Å². The number of Topliss-reactive ketones (excluding diaryl/α,β-unsaturated/α-hetero) is 1. The summed E-state index contributed by atoms with van der Waals surface area (Å²) in [6.45, 7) is 8.02. The van der Waals surface area contributed by atoms with Gasteiger partial charge in [0.05, 0.1) is 17.3 Å². The second-order valence-corrected chi connectivity index (χ2v) is 10.4. The van der Waals surface area contributed by atoms with Gasteiger partial charge in [0.15, 0.2) is 15.6 Å². The molecule has 26 heavy (non-hydrogen) atoms. The highest BCUT2D eigenvalue weighted by molar-refractivity contribution is 8.00. The molecule has 4 nitrogen and oxygen atoms in total. The Kier molecular flexibility index (Phi) is 5.35. The molecule has 140 valence electrons. The van der Waals surface area contributed by atoms with E-state index in [2.05, 4.69) is 26.0 Å². The van der Waals surface area contributed by atoms with Gasteiger partial charge in [0.2, 0.25) is 0 Å². The molecular formula is C20H25NO3S2. The standard InChI is InChI=1S/C20H25NO3S2/c1-13-5-6-18(9-14(13)2)25-11-20(22)19-10-15(3)21(16(19)4)17-7-8-26(23,24)12-17/h5-6,9-10,17H,7-8,11-12H2,1-4H3. The van der Waals surface area contributed by atoms with Gasteiger partial charge in [0, 0.05) is 27.9 Å². The summed E-state index contributed by atoms with van der Waals surface area (Å²) in [5.41, 5.74) is 5.03. The molecule has 1 atom stereocenters. The first kappa shape index (κ1) is 19.2. The van der Waals surface area contributed by atoms with E-state index in [9.17, 15) is 13.2 Å². The molecule has 1 unspecified atom stereocenters. The maximum atomic E-state index is 12.7. The number of thioether (sulfide) groups is 1. The second-order valence-electron chi connectivity index (χ2n) is 7.17. The fourth-order valence-corrected chi connectivity index (χ4v) is 6.21. The maximum absolute atomic E-state index is 12.7. The van der Waals surface area contributed by atoms with Crippen molar-refractivity contribution in [1.82, 2.24) is 4.57 Å². The Morgan fingerprint density at radius 1 is 1.15 bits per heavy atom. The zero-order valence-electron chi connectivity index (χ0n) is 15.7. The van der Waals surface area contributed by atoms with E-state index >= 15 is 0 Å². The molecule has 1 aliphatic rings. The van der Waals surface area contributed by atoms with Crippen LogP contribution in [0, 0.1) is 27.7 Å². The minimum absolute atomic E-state index is 0.0473. The predicted molar refractivity (Wildman–Crippen MR) is 107 cm³/mol. The maximum Gasteiger partial charge on any atom is 0.174 e. The summed E-state index contributed by atoms with van der Waals surface area (Å²) >= 11 is 1.55. The number of aryl methyl sites for hydroxylation is 3. The summed E-state index contributed by atoms with van der Waals surface area (Å²) in [6, 6.07) is 8.10. The van der Waals surface area contributed by atoms with E-state index in [1.807, 2.05) is 30.5 Å². The zero-order chi connectivity index (χ0) is 19.1. The van der Waals surface area contributed by atoms with Gasteiger partial charge in [-0.15, -0.1) is 11.8 Å². The third kappa shape index (κ3) is 3.91. The van der Waals surface area contributed by atoms with E-state index in [4.69, 9.17) is 0 Å². The molecule has 1 aliphatic heterocycles. The summed E-state index contributed by atoms with van der Waals surface area (Å²) in [4.78, 5) is 13.8. The van der Waals surface area contributed by atoms with Gasteiger partial charge in [-0.1, -0.05) is 6.07 Å². The Labute approximate surface area is 159 Å². The van der Waals surface area contributed by atoms with Crippen LogP contribution in [0.1, 0.15) is 45.3 Å². The van der Waals surface area contributed by atoms with Crippen LogP contribution in [0.5, 0.6) is 0 Å². The SMILES string of the molecule is Cc1ccc(SCC(=O)c2cc(C)n(C3CCS(=O)(=O)C3)c2C)cc1C. The second kappa shape index (κ2) is 7.24. The molecule has 2 heterocycles. The molecule has 1 fully saturated rings. The average Bonchev–Trinajstić information content (AvgIpc) is 3.07. The summed E-state index contributed by atoms with van der Waals surface area (Å²) in [7, 11) is -2.95. The van der Waals surface area contributed by atoms with Gasteiger partial charge in [-0.3, -0.25) is 4.79 Å². The molecule has 0 saturated carbocycles. The number of carbonyl (C=O) groups excluding carboxylic acids is 1. The predicted octanol–water partition coefficient (Wildman–Crippen LogP) is 4.06. The Hall–Kier alpha value is -1.53. The van der Waals surface area contributed by atoms with E-state index in [-0.39, 0.29) is 23.3 Å². The van der Waals surface area contributed by atoms with Gasteiger partial charge >= 0.3 is 0 Å². The van der Waals surface area contributed by atoms with Gasteiger partial charge in [0.25, 0.3) is 0 Å². The molecule has 1 aromatic heterocycles. The van der Waals surface area contributed by atoms with Crippen LogP contribution in [0.25, 0.3) is 0 Å². The summed E-state index contributed by atoms with van der Waals surface area (Å²) in [5, 5.41) is 0. The van der Waals surface area contributed by atoms with Crippen LogP contribution < -0.4 is 0 Å². The van der Waals surface area contributed by atoms with Gasteiger partial charge in [-0.2, -0.15) is 0 Å². The Balaban J connectivity index is 1.76. The number of hydrogen-bond acceptors (Lipinski definition) is 4. The number of benzene rings is 1. The monoisotopic (exact) mass is 391 g/mol. The van der Waals surface area contributed by atoms with Crippen molar-refractivity contribution in [2.24, 2.45) is 0 Å². The molecular weight excluding hydrogens is 366 g/mol. The number of aromatic nitrogens is 1. The van der Waals surface area contributed by atoms with Crippen molar-refractivity contribution < 1.29 is 13.2 Å². The van der Waals surface area contributed by atoms with Crippen LogP contribution in [-0.2, 0) is 9.84 Å². The van der Waals surface area contributed by atoms with Crippen LogP contribution in [0.15, 0.2) is 29.2 Å². The normalized spacial score (nSPS) is 19.0. The topological polar surface area (TPSA) is 56.1 Å². The number of carbonyl (C=O) groups is 1. The minimum atomic E-state index is -2.95. The summed E-state index contributed by atoms with van der Waals surface area (Å²) < 4.78 is 25.6. The number of hydrogen-bond donors (Lipinski definition) is 0. The van der Waals surface area contributed by atoms with Gasteiger partial charge in [0.1, 0.15) is 0 Å². The molecule has 6 heteroatoms. The molecule has 0 bridgehead atoms. The lowest BCUT2D eigenvalue weighted by atomic mass is 10.1. The Bertz CT molecular complexity index is 958. The van der Waals surface area contributed by atoms with Crippen molar-refractivity contribution in [1.29, 1.82) is 0 Å². The van der Waals surface area contributed by atoms with Crippen molar-refractivity contribution in [3.05, 3.63) is 52.3 Å². The molecule has 1 saturated heterocycles. The highest BCUT2D eigenvalue weighted by Crippen LogP contribution is 2.30. The molecule has 3 rings (SSSR count). The van der Waals surface area contributed by atoms with Crippen LogP contribution >= 0.6 is 11.8 Å². The quantitative estimate of drug-likeness (QED) is 0.570.